The van der Waals surface area contributed by atoms with Crippen molar-refractivity contribution in [3.63, 3.8) is 0 Å². The molecule has 0 saturated heterocycles. The smallest absolute Gasteiger partial charge is 0.180 e. The summed E-state index contributed by atoms with van der Waals surface area (Å²) in [5, 5.41) is 18.4. The van der Waals surface area contributed by atoms with E-state index >= 15 is 0 Å². The molecule has 2 aromatic rings. The van der Waals surface area contributed by atoms with Crippen LogP contribution in [0.5, 0.6) is 0 Å². The minimum atomic E-state index is -0.920. The summed E-state index contributed by atoms with van der Waals surface area (Å²) >= 11 is 0. The van der Waals surface area contributed by atoms with Crippen LogP contribution in [-0.2, 0) is 0 Å². The fourth-order valence-corrected chi connectivity index (χ4v) is 2.21. The van der Waals surface area contributed by atoms with Gasteiger partial charge in [-0.05, 0) is 18.6 Å². The zero-order valence-electron chi connectivity index (χ0n) is 10.5. The van der Waals surface area contributed by atoms with E-state index in [2.05, 4.69) is 4.98 Å². The van der Waals surface area contributed by atoms with E-state index in [4.69, 9.17) is 9.52 Å². The Hall–Kier alpha value is -2.26. The maximum atomic E-state index is 13.9. The largest absolute Gasteiger partial charge is 0.447 e. The van der Waals surface area contributed by atoms with Gasteiger partial charge >= 0.3 is 0 Å². The van der Waals surface area contributed by atoms with Gasteiger partial charge in [-0.1, -0.05) is 6.07 Å². The maximum absolute atomic E-state index is 13.9. The number of nitriles is 1. The van der Waals surface area contributed by atoms with Crippen molar-refractivity contribution in [2.45, 2.75) is 18.3 Å². The molecule has 0 aliphatic heterocycles. The van der Waals surface area contributed by atoms with Gasteiger partial charge in [0.15, 0.2) is 6.39 Å². The monoisotopic (exact) mass is 278 g/mol. The summed E-state index contributed by atoms with van der Waals surface area (Å²) in [6, 6.07) is 5.46. The van der Waals surface area contributed by atoms with Crippen molar-refractivity contribution >= 4 is 0 Å². The number of aromatic nitrogens is 1. The maximum Gasteiger partial charge on any atom is 0.180 e. The molecule has 2 rings (SSSR count). The summed E-state index contributed by atoms with van der Waals surface area (Å²) in [6.45, 7) is -0.301. The molecule has 0 unspecified atom stereocenters. The average molecular weight is 278 g/mol. The Morgan fingerprint density at radius 2 is 2.05 bits per heavy atom. The first-order valence-corrected chi connectivity index (χ1v) is 6.01. The van der Waals surface area contributed by atoms with Crippen LogP contribution < -0.4 is 0 Å². The molecule has 0 spiro atoms. The molecule has 0 radical (unpaired) electrons. The second kappa shape index (κ2) is 6.26. The van der Waals surface area contributed by atoms with Gasteiger partial charge in [-0.25, -0.2) is 13.8 Å². The van der Waals surface area contributed by atoms with Crippen molar-refractivity contribution < 1.29 is 18.3 Å². The highest BCUT2D eigenvalue weighted by Gasteiger charge is 2.31. The highest BCUT2D eigenvalue weighted by atomic mass is 19.1. The lowest BCUT2D eigenvalue weighted by Gasteiger charge is -2.21. The molecule has 20 heavy (non-hydrogen) atoms. The van der Waals surface area contributed by atoms with E-state index in [1.807, 2.05) is 6.07 Å². The van der Waals surface area contributed by atoms with Crippen LogP contribution in [-0.4, -0.2) is 16.7 Å². The number of halogens is 2. The molecule has 104 valence electrons. The van der Waals surface area contributed by atoms with Crippen molar-refractivity contribution in [3.05, 3.63) is 53.7 Å². The molecule has 0 saturated carbocycles. The number of hydrogen-bond donors (Lipinski definition) is 1. The van der Waals surface area contributed by atoms with Crippen LogP contribution in [0.25, 0.3) is 0 Å². The van der Waals surface area contributed by atoms with Crippen molar-refractivity contribution in [3.8, 4) is 6.07 Å². The van der Waals surface area contributed by atoms with Crippen molar-refractivity contribution in [1.82, 2.24) is 4.98 Å². The Bertz CT molecular complexity index is 588. The number of benzene rings is 1. The predicted molar refractivity (Wildman–Crippen MR) is 65.7 cm³/mol. The topological polar surface area (TPSA) is 70.0 Å². The van der Waals surface area contributed by atoms with E-state index in [-0.39, 0.29) is 24.4 Å². The third-order valence-corrected chi connectivity index (χ3v) is 3.11. The standard InChI is InChI=1S/C14H12F2N2O2/c15-11-2-1-3-12(16)14(11)9(4-5-19)10(6-17)13-7-18-8-20-13/h1-3,7-10,19H,4-5H2/t9-,10-/m0/s1. The molecule has 1 heterocycles. The Morgan fingerprint density at radius 1 is 1.35 bits per heavy atom. The lowest BCUT2D eigenvalue weighted by Crippen LogP contribution is -2.14. The van der Waals surface area contributed by atoms with E-state index in [0.717, 1.165) is 18.5 Å². The fourth-order valence-electron chi connectivity index (χ4n) is 2.21. The zero-order chi connectivity index (χ0) is 14.5. The number of aliphatic hydroxyl groups is 1. The van der Waals surface area contributed by atoms with Gasteiger partial charge in [-0.3, -0.25) is 0 Å². The molecule has 0 amide bonds. The van der Waals surface area contributed by atoms with Crippen LogP contribution in [0.15, 0.2) is 35.2 Å². The number of oxazole rings is 1. The Morgan fingerprint density at radius 3 is 2.55 bits per heavy atom. The molecular weight excluding hydrogens is 266 g/mol. The van der Waals surface area contributed by atoms with Crippen molar-refractivity contribution in [2.75, 3.05) is 6.61 Å². The highest BCUT2D eigenvalue weighted by molar-refractivity contribution is 5.30. The van der Waals surface area contributed by atoms with Crippen LogP contribution in [0.1, 0.15) is 29.6 Å². The van der Waals surface area contributed by atoms with Crippen LogP contribution in [0, 0.1) is 23.0 Å². The first-order valence-electron chi connectivity index (χ1n) is 6.01. The minimum Gasteiger partial charge on any atom is -0.447 e. The molecule has 1 N–H and O–H groups in total. The summed E-state index contributed by atoms with van der Waals surface area (Å²) < 4.78 is 32.8. The van der Waals surface area contributed by atoms with E-state index in [0.29, 0.717) is 0 Å². The SMILES string of the molecule is N#C[C@H](c1cnco1)[C@H](CCO)c1c(F)cccc1F. The first-order chi connectivity index (χ1) is 9.69. The fraction of sp³-hybridized carbons (Fsp3) is 0.286. The van der Waals surface area contributed by atoms with E-state index in [9.17, 15) is 14.0 Å². The third kappa shape index (κ3) is 2.68. The van der Waals surface area contributed by atoms with Gasteiger partial charge in [0.25, 0.3) is 0 Å². The number of hydrogen-bond acceptors (Lipinski definition) is 4. The summed E-state index contributed by atoms with van der Waals surface area (Å²) in [4.78, 5) is 3.70. The highest BCUT2D eigenvalue weighted by Crippen LogP contribution is 2.37. The molecule has 0 fully saturated rings. The van der Waals surface area contributed by atoms with Crippen LogP contribution in [0.2, 0.25) is 0 Å². The molecule has 1 aromatic heterocycles. The van der Waals surface area contributed by atoms with E-state index < -0.39 is 23.5 Å². The van der Waals surface area contributed by atoms with Gasteiger partial charge in [0.2, 0.25) is 0 Å². The molecule has 1 aromatic carbocycles. The molecule has 0 aliphatic rings. The molecular formula is C14H12F2N2O2. The van der Waals surface area contributed by atoms with Gasteiger partial charge in [-0.15, -0.1) is 0 Å². The van der Waals surface area contributed by atoms with Crippen LogP contribution >= 0.6 is 0 Å². The summed E-state index contributed by atoms with van der Waals surface area (Å²) in [5.74, 6) is -3.05. The number of aliphatic hydroxyl groups excluding tert-OH is 1. The normalized spacial score (nSPS) is 13.7. The average Bonchev–Trinajstić information content (AvgIpc) is 2.93. The van der Waals surface area contributed by atoms with Gasteiger partial charge in [0.05, 0.1) is 12.3 Å². The third-order valence-electron chi connectivity index (χ3n) is 3.11. The first kappa shape index (κ1) is 14.2. The Kier molecular flexibility index (Phi) is 4.43. The summed E-state index contributed by atoms with van der Waals surface area (Å²) in [6.07, 6.45) is 2.52. The van der Waals surface area contributed by atoms with Crippen LogP contribution in [0.3, 0.4) is 0 Å². The van der Waals surface area contributed by atoms with Crippen molar-refractivity contribution in [2.24, 2.45) is 0 Å². The predicted octanol–water partition coefficient (Wildman–Crippen LogP) is 2.73. The minimum absolute atomic E-state index is 0.0385. The van der Waals surface area contributed by atoms with Gasteiger partial charge < -0.3 is 9.52 Å². The Labute approximate surface area is 114 Å². The molecule has 6 heteroatoms. The summed E-state index contributed by atoms with van der Waals surface area (Å²) in [7, 11) is 0. The van der Waals surface area contributed by atoms with Gasteiger partial charge in [-0.2, -0.15) is 5.26 Å². The van der Waals surface area contributed by atoms with Crippen LogP contribution in [0.4, 0.5) is 8.78 Å². The number of rotatable bonds is 5. The van der Waals surface area contributed by atoms with E-state index in [1.165, 1.54) is 12.3 Å². The quantitative estimate of drug-likeness (QED) is 0.912. The lowest BCUT2D eigenvalue weighted by atomic mass is 9.82. The zero-order valence-corrected chi connectivity index (χ0v) is 10.5. The van der Waals surface area contributed by atoms with Crippen molar-refractivity contribution in [1.29, 1.82) is 5.26 Å². The Balaban J connectivity index is 2.48. The molecule has 0 aliphatic carbocycles. The molecule has 0 bridgehead atoms. The second-order valence-electron chi connectivity index (χ2n) is 4.26. The summed E-state index contributed by atoms with van der Waals surface area (Å²) in [5.41, 5.74) is -0.218. The van der Waals surface area contributed by atoms with Gasteiger partial charge in [0, 0.05) is 18.1 Å². The second-order valence-corrected chi connectivity index (χ2v) is 4.26. The van der Waals surface area contributed by atoms with E-state index in [1.54, 1.807) is 0 Å². The molecule has 2 atom stereocenters. The number of nitrogens with zero attached hydrogens (tertiary/aromatic N) is 2. The molecule has 4 nitrogen and oxygen atoms in total. The van der Waals surface area contributed by atoms with Gasteiger partial charge in [0.1, 0.15) is 23.3 Å². The lowest BCUT2D eigenvalue weighted by molar-refractivity contribution is 0.265.